The molecule has 1 fully saturated rings. The number of carbonyl (C=O) groups excluding carboxylic acids is 1. The molecule has 1 N–H and O–H groups in total. The second-order valence-corrected chi connectivity index (χ2v) is 12.0. The van der Waals surface area contributed by atoms with E-state index in [0.29, 0.717) is 13.0 Å². The van der Waals surface area contributed by atoms with Crippen LogP contribution in [0.5, 0.6) is 0 Å². The van der Waals surface area contributed by atoms with Crippen molar-refractivity contribution in [3.8, 4) is 11.5 Å². The van der Waals surface area contributed by atoms with Crippen LogP contribution in [0.3, 0.4) is 0 Å². The van der Waals surface area contributed by atoms with Crippen molar-refractivity contribution in [2.75, 3.05) is 20.3 Å². The Morgan fingerprint density at radius 2 is 2.00 bits per heavy atom. The Hall–Kier alpha value is -1.87. The Morgan fingerprint density at radius 1 is 1.32 bits per heavy atom. The lowest BCUT2D eigenvalue weighted by atomic mass is 9.79. The molecule has 5 heteroatoms. The van der Waals surface area contributed by atoms with Crippen LogP contribution < -0.4 is 0 Å². The Morgan fingerprint density at radius 3 is 2.56 bits per heavy atom. The maximum absolute atomic E-state index is 12.7. The minimum Gasteiger partial charge on any atom is -0.395 e. The molecule has 1 amide bonds. The molecule has 1 saturated heterocycles. The smallest absolute Gasteiger partial charge is 0.259 e. The molecule has 0 aliphatic carbocycles. The maximum atomic E-state index is 12.7. The summed E-state index contributed by atoms with van der Waals surface area (Å²) in [6, 6.07) is 9.70. The molecular weight excluding hydrogens is 330 g/mol. The third-order valence-corrected chi connectivity index (χ3v) is 5.15. The number of β-lactam (4-membered cyclic amide) rings is 1. The first kappa shape index (κ1) is 19.5. The monoisotopic (exact) mass is 357 g/mol. The Labute approximate surface area is 151 Å². The molecule has 0 radical (unpaired) electrons. The maximum Gasteiger partial charge on any atom is 0.259 e. The number of ether oxygens (including phenoxy) is 1. The van der Waals surface area contributed by atoms with Crippen molar-refractivity contribution in [3.05, 3.63) is 42.0 Å². The lowest BCUT2D eigenvalue weighted by Crippen LogP contribution is -2.74. The van der Waals surface area contributed by atoms with Crippen LogP contribution in [0.1, 0.15) is 12.0 Å². The third kappa shape index (κ3) is 4.40. The number of aliphatic hydroxyl groups is 1. The molecule has 25 heavy (non-hydrogen) atoms. The van der Waals surface area contributed by atoms with E-state index in [-0.39, 0.29) is 18.6 Å². The summed E-state index contributed by atoms with van der Waals surface area (Å²) in [5, 5.41) is 9.27. The van der Waals surface area contributed by atoms with E-state index in [1.807, 2.05) is 42.5 Å². The first-order valence-electron chi connectivity index (χ1n) is 8.54. The average Bonchev–Trinajstić information content (AvgIpc) is 2.58. The van der Waals surface area contributed by atoms with Gasteiger partial charge in [-0.15, -0.1) is 11.5 Å². The van der Waals surface area contributed by atoms with E-state index in [1.54, 1.807) is 12.0 Å². The van der Waals surface area contributed by atoms with Gasteiger partial charge in [0.25, 0.3) is 5.91 Å². The predicted octanol–water partition coefficient (Wildman–Crippen LogP) is 2.56. The molecular formula is C20H27NO3Si. The number of hydrogen-bond acceptors (Lipinski definition) is 3. The lowest BCUT2D eigenvalue weighted by molar-refractivity contribution is -0.191. The van der Waals surface area contributed by atoms with Gasteiger partial charge in [0.05, 0.1) is 12.6 Å². The molecule has 2 atom stereocenters. The summed E-state index contributed by atoms with van der Waals surface area (Å²) in [7, 11) is 0.0579. The average molecular weight is 358 g/mol. The van der Waals surface area contributed by atoms with Crippen molar-refractivity contribution in [3.63, 3.8) is 0 Å². The quantitative estimate of drug-likeness (QED) is 0.484. The fraction of sp³-hybridized carbons (Fsp3) is 0.450. The van der Waals surface area contributed by atoms with Gasteiger partial charge in [-0.1, -0.05) is 62.1 Å². The highest BCUT2D eigenvalue weighted by molar-refractivity contribution is 6.83. The summed E-state index contributed by atoms with van der Waals surface area (Å²) in [4.78, 5) is 14.3. The van der Waals surface area contributed by atoms with Gasteiger partial charge in [-0.25, -0.2) is 0 Å². The highest BCUT2D eigenvalue weighted by Gasteiger charge is 2.59. The van der Waals surface area contributed by atoms with Crippen molar-refractivity contribution < 1.29 is 14.6 Å². The highest BCUT2D eigenvalue weighted by atomic mass is 28.3. The van der Waals surface area contributed by atoms with Gasteiger partial charge in [0.1, 0.15) is 8.07 Å². The van der Waals surface area contributed by atoms with Crippen LogP contribution in [-0.2, 0) is 9.53 Å². The zero-order valence-corrected chi connectivity index (χ0v) is 16.5. The summed E-state index contributed by atoms with van der Waals surface area (Å²) >= 11 is 0. The molecule has 4 nitrogen and oxygen atoms in total. The number of benzene rings is 1. The van der Waals surface area contributed by atoms with Crippen LogP contribution >= 0.6 is 0 Å². The Bertz CT molecular complexity index is 684. The van der Waals surface area contributed by atoms with E-state index in [2.05, 4.69) is 31.1 Å². The molecule has 0 bridgehead atoms. The first-order chi connectivity index (χ1) is 11.8. The van der Waals surface area contributed by atoms with Crippen molar-refractivity contribution in [2.45, 2.75) is 37.7 Å². The van der Waals surface area contributed by atoms with Gasteiger partial charge >= 0.3 is 0 Å². The summed E-state index contributed by atoms with van der Waals surface area (Å²) in [6.07, 6.45) is 4.34. The van der Waals surface area contributed by atoms with E-state index >= 15 is 0 Å². The Kier molecular flexibility index (Phi) is 6.23. The van der Waals surface area contributed by atoms with E-state index in [1.165, 1.54) is 0 Å². The van der Waals surface area contributed by atoms with E-state index in [9.17, 15) is 9.90 Å². The van der Waals surface area contributed by atoms with Gasteiger partial charge in [-0.3, -0.25) is 4.79 Å². The highest BCUT2D eigenvalue weighted by Crippen LogP contribution is 2.38. The van der Waals surface area contributed by atoms with Crippen molar-refractivity contribution in [2.24, 2.45) is 0 Å². The van der Waals surface area contributed by atoms with E-state index in [0.717, 1.165) is 5.56 Å². The van der Waals surface area contributed by atoms with Gasteiger partial charge in [-0.2, -0.15) is 0 Å². The molecule has 0 aromatic heterocycles. The zero-order chi connectivity index (χ0) is 18.5. The standard InChI is InChI=1S/C20H27NO3Si/c1-24-20(13-8-16-25(2,3)4)18(21(14-15-22)19(20)23)12-11-17-9-6-5-7-10-17/h5-7,9-12,18,22H,13-15H2,1-4H3/b12-11+/t18-,20+/m0/s1. The fourth-order valence-electron chi connectivity index (χ4n) is 2.96. The van der Waals surface area contributed by atoms with Crippen LogP contribution in [0.25, 0.3) is 6.08 Å². The molecule has 1 aromatic carbocycles. The summed E-state index contributed by atoms with van der Waals surface area (Å²) < 4.78 is 5.67. The number of methoxy groups -OCH3 is 1. The number of hydrogen-bond donors (Lipinski definition) is 1. The number of amides is 1. The number of aliphatic hydroxyl groups excluding tert-OH is 1. The number of nitrogens with zero attached hydrogens (tertiary/aromatic N) is 1. The SMILES string of the molecule is CO[C@@]1(CC#C[Si](C)(C)C)C(=O)N(CCO)[C@H]1/C=C/c1ccccc1. The van der Waals surface area contributed by atoms with Crippen LogP contribution in [0, 0.1) is 11.5 Å². The van der Waals surface area contributed by atoms with Crippen molar-refractivity contribution in [1.82, 2.24) is 4.90 Å². The molecule has 134 valence electrons. The topological polar surface area (TPSA) is 49.8 Å². The minimum absolute atomic E-state index is 0.0677. The van der Waals surface area contributed by atoms with Gasteiger partial charge in [0.15, 0.2) is 5.60 Å². The second-order valence-electron chi connectivity index (χ2n) is 7.26. The third-order valence-electron chi connectivity index (χ3n) is 4.23. The van der Waals surface area contributed by atoms with Gasteiger partial charge in [0.2, 0.25) is 0 Å². The van der Waals surface area contributed by atoms with Crippen LogP contribution in [0.4, 0.5) is 0 Å². The van der Waals surface area contributed by atoms with E-state index in [4.69, 9.17) is 4.74 Å². The molecule has 1 aromatic rings. The molecule has 0 unspecified atom stereocenters. The number of β-amino-alcohol motifs (C(OH)–C–C–N with tert-alkyl or cyclic N) is 1. The normalized spacial score (nSPS) is 23.3. The van der Waals surface area contributed by atoms with Crippen molar-refractivity contribution in [1.29, 1.82) is 0 Å². The summed E-state index contributed by atoms with van der Waals surface area (Å²) in [6.45, 7) is 6.75. The van der Waals surface area contributed by atoms with Crippen LogP contribution in [0.2, 0.25) is 19.6 Å². The molecule has 2 rings (SSSR count). The number of likely N-dealkylation sites (tertiary alicyclic amines) is 1. The summed E-state index contributed by atoms with van der Waals surface area (Å²) in [5.41, 5.74) is 3.41. The second kappa shape index (κ2) is 8.00. The zero-order valence-electron chi connectivity index (χ0n) is 15.5. The first-order valence-corrected chi connectivity index (χ1v) is 12.0. The largest absolute Gasteiger partial charge is 0.395 e. The minimum atomic E-state index is -1.51. The van der Waals surface area contributed by atoms with Crippen LogP contribution in [0.15, 0.2) is 36.4 Å². The molecule has 0 spiro atoms. The summed E-state index contributed by atoms with van der Waals surface area (Å²) in [5.74, 6) is 3.08. The molecule has 1 heterocycles. The predicted molar refractivity (Wildman–Crippen MR) is 104 cm³/mol. The van der Waals surface area contributed by atoms with Gasteiger partial charge in [0, 0.05) is 20.1 Å². The van der Waals surface area contributed by atoms with Crippen molar-refractivity contribution >= 4 is 20.1 Å². The van der Waals surface area contributed by atoms with Crippen LogP contribution in [-0.4, -0.2) is 55.9 Å². The molecule has 0 saturated carbocycles. The number of carbonyl (C=O) groups is 1. The Balaban J connectivity index is 2.26. The lowest BCUT2D eigenvalue weighted by Gasteiger charge is -2.53. The van der Waals surface area contributed by atoms with E-state index < -0.39 is 13.7 Å². The molecule has 1 aliphatic rings. The molecule has 1 aliphatic heterocycles. The number of rotatable bonds is 6. The fourth-order valence-corrected chi connectivity index (χ4v) is 3.58. The van der Waals surface area contributed by atoms with Gasteiger partial charge < -0.3 is 14.7 Å². The van der Waals surface area contributed by atoms with Gasteiger partial charge in [-0.05, 0) is 5.56 Å².